The van der Waals surface area contributed by atoms with E-state index >= 15 is 0 Å². The monoisotopic (exact) mass is 293 g/mol. The van der Waals surface area contributed by atoms with Crippen LogP contribution < -0.4 is 15.2 Å². The van der Waals surface area contributed by atoms with E-state index in [-0.39, 0.29) is 12.7 Å². The second-order valence-electron chi connectivity index (χ2n) is 4.45. The minimum atomic E-state index is -0.191. The molecule has 5 heteroatoms. The number of thiophene rings is 1. The predicted molar refractivity (Wildman–Crippen MR) is 80.4 cm³/mol. The van der Waals surface area contributed by atoms with Crippen molar-refractivity contribution in [2.75, 3.05) is 13.7 Å². The Morgan fingerprint density at radius 1 is 1.30 bits per heavy atom. The summed E-state index contributed by atoms with van der Waals surface area (Å²) in [6, 6.07) is 7.44. The summed E-state index contributed by atoms with van der Waals surface area (Å²) in [5, 5.41) is 11.2. The smallest absolute Gasteiger partial charge is 0.162 e. The van der Waals surface area contributed by atoms with E-state index in [2.05, 4.69) is 6.07 Å². The molecule has 0 amide bonds. The summed E-state index contributed by atoms with van der Waals surface area (Å²) in [7, 11) is 1.58. The van der Waals surface area contributed by atoms with Crippen LogP contribution >= 0.6 is 11.3 Å². The average molecular weight is 293 g/mol. The van der Waals surface area contributed by atoms with Gasteiger partial charge in [0, 0.05) is 11.4 Å². The zero-order valence-corrected chi connectivity index (χ0v) is 12.4. The number of benzene rings is 1. The van der Waals surface area contributed by atoms with Gasteiger partial charge in [-0.2, -0.15) is 0 Å². The Labute approximate surface area is 122 Å². The molecule has 2 rings (SSSR count). The molecule has 0 bridgehead atoms. The highest BCUT2D eigenvalue weighted by Crippen LogP contribution is 2.34. The Balaban J connectivity index is 2.26. The summed E-state index contributed by atoms with van der Waals surface area (Å²) >= 11 is 1.64. The first-order valence-electron chi connectivity index (χ1n) is 6.38. The van der Waals surface area contributed by atoms with Crippen molar-refractivity contribution >= 4 is 11.3 Å². The first-order chi connectivity index (χ1) is 9.69. The van der Waals surface area contributed by atoms with Crippen molar-refractivity contribution in [1.29, 1.82) is 0 Å². The number of ether oxygens (including phenoxy) is 2. The van der Waals surface area contributed by atoms with Crippen LogP contribution in [0, 0.1) is 6.92 Å². The third kappa shape index (κ3) is 3.12. The Hall–Kier alpha value is -1.56. The molecule has 3 N–H and O–H groups in total. The van der Waals surface area contributed by atoms with Gasteiger partial charge in [0.1, 0.15) is 6.10 Å². The van der Waals surface area contributed by atoms with Crippen LogP contribution in [0.4, 0.5) is 0 Å². The molecule has 0 spiro atoms. The highest BCUT2D eigenvalue weighted by Gasteiger charge is 2.17. The van der Waals surface area contributed by atoms with Crippen LogP contribution in [0.5, 0.6) is 11.5 Å². The van der Waals surface area contributed by atoms with Crippen LogP contribution in [0.2, 0.25) is 0 Å². The van der Waals surface area contributed by atoms with Crippen molar-refractivity contribution in [2.45, 2.75) is 19.6 Å². The average Bonchev–Trinajstić information content (AvgIpc) is 2.90. The molecule has 1 aromatic heterocycles. The van der Waals surface area contributed by atoms with Crippen LogP contribution in [0.3, 0.4) is 0 Å². The summed E-state index contributed by atoms with van der Waals surface area (Å²) in [5.74, 6) is 1.23. The van der Waals surface area contributed by atoms with Crippen LogP contribution in [-0.2, 0) is 6.61 Å². The lowest BCUT2D eigenvalue weighted by atomic mass is 10.2. The summed E-state index contributed by atoms with van der Waals surface area (Å²) < 4.78 is 11.3. The van der Waals surface area contributed by atoms with Crippen LogP contribution in [0.1, 0.15) is 22.1 Å². The SMILES string of the molecule is COc1cc(CO)ccc1OC(CN)c1sccc1C. The van der Waals surface area contributed by atoms with Crippen molar-refractivity contribution in [3.63, 3.8) is 0 Å². The Morgan fingerprint density at radius 3 is 2.65 bits per heavy atom. The number of hydrogen-bond donors (Lipinski definition) is 2. The number of aliphatic hydroxyl groups is 1. The highest BCUT2D eigenvalue weighted by atomic mass is 32.1. The lowest BCUT2D eigenvalue weighted by Gasteiger charge is -2.19. The van der Waals surface area contributed by atoms with Gasteiger partial charge in [-0.1, -0.05) is 6.07 Å². The van der Waals surface area contributed by atoms with Crippen LogP contribution in [0.15, 0.2) is 29.6 Å². The van der Waals surface area contributed by atoms with Gasteiger partial charge in [0.25, 0.3) is 0 Å². The van der Waals surface area contributed by atoms with Crippen molar-refractivity contribution in [2.24, 2.45) is 5.73 Å². The van der Waals surface area contributed by atoms with Crippen molar-refractivity contribution in [3.05, 3.63) is 45.6 Å². The van der Waals surface area contributed by atoms with Gasteiger partial charge in [0.2, 0.25) is 0 Å². The fourth-order valence-corrected chi connectivity index (χ4v) is 2.95. The van der Waals surface area contributed by atoms with E-state index in [9.17, 15) is 0 Å². The normalized spacial score (nSPS) is 12.2. The molecule has 1 aromatic carbocycles. The lowest BCUT2D eigenvalue weighted by Crippen LogP contribution is -2.18. The molecule has 0 aliphatic heterocycles. The van der Waals surface area contributed by atoms with Gasteiger partial charge >= 0.3 is 0 Å². The van der Waals surface area contributed by atoms with E-state index in [1.54, 1.807) is 30.6 Å². The zero-order chi connectivity index (χ0) is 14.5. The lowest BCUT2D eigenvalue weighted by molar-refractivity contribution is 0.207. The number of rotatable bonds is 6. The third-order valence-electron chi connectivity index (χ3n) is 3.09. The molecule has 0 fully saturated rings. The van der Waals surface area contributed by atoms with Gasteiger partial charge in [0.05, 0.1) is 13.7 Å². The molecule has 0 radical (unpaired) electrons. The number of methoxy groups -OCH3 is 1. The summed E-state index contributed by atoms with van der Waals surface area (Å²) in [6.45, 7) is 2.41. The fourth-order valence-electron chi connectivity index (χ4n) is 1.98. The first-order valence-corrected chi connectivity index (χ1v) is 7.26. The number of hydrogen-bond acceptors (Lipinski definition) is 5. The molecule has 1 atom stereocenters. The quantitative estimate of drug-likeness (QED) is 0.859. The van der Waals surface area contributed by atoms with Gasteiger partial charge in [0.15, 0.2) is 11.5 Å². The summed E-state index contributed by atoms with van der Waals surface area (Å²) in [5.41, 5.74) is 7.79. The molecule has 4 nitrogen and oxygen atoms in total. The van der Waals surface area contributed by atoms with E-state index in [1.165, 1.54) is 5.56 Å². The maximum atomic E-state index is 9.15. The fraction of sp³-hybridized carbons (Fsp3) is 0.333. The van der Waals surface area contributed by atoms with E-state index in [0.717, 1.165) is 10.4 Å². The Bertz CT molecular complexity index is 568. The molecule has 1 heterocycles. The third-order valence-corrected chi connectivity index (χ3v) is 4.20. The minimum absolute atomic E-state index is 0.0268. The van der Waals surface area contributed by atoms with Crippen molar-refractivity contribution in [1.82, 2.24) is 0 Å². The number of aryl methyl sites for hydroxylation is 1. The molecule has 0 saturated heterocycles. The minimum Gasteiger partial charge on any atom is -0.493 e. The van der Waals surface area contributed by atoms with Crippen molar-refractivity contribution in [3.8, 4) is 11.5 Å². The molecular formula is C15H19NO3S. The molecular weight excluding hydrogens is 274 g/mol. The van der Waals surface area contributed by atoms with Crippen LogP contribution in [-0.4, -0.2) is 18.8 Å². The van der Waals surface area contributed by atoms with Crippen molar-refractivity contribution < 1.29 is 14.6 Å². The highest BCUT2D eigenvalue weighted by molar-refractivity contribution is 7.10. The predicted octanol–water partition coefficient (Wildman–Crippen LogP) is 2.64. The molecule has 0 aliphatic carbocycles. The zero-order valence-electron chi connectivity index (χ0n) is 11.6. The summed E-state index contributed by atoms with van der Waals surface area (Å²) in [6.07, 6.45) is -0.191. The Morgan fingerprint density at radius 2 is 2.10 bits per heavy atom. The van der Waals surface area contributed by atoms with Gasteiger partial charge in [-0.15, -0.1) is 11.3 Å². The molecule has 1 unspecified atom stereocenters. The summed E-state index contributed by atoms with van der Waals surface area (Å²) in [4.78, 5) is 1.13. The maximum Gasteiger partial charge on any atom is 0.162 e. The molecule has 2 aromatic rings. The topological polar surface area (TPSA) is 64.7 Å². The van der Waals surface area contributed by atoms with E-state index in [0.29, 0.717) is 18.0 Å². The standard InChI is InChI=1S/C15H19NO3S/c1-10-5-6-20-15(10)14(8-16)19-12-4-3-11(9-17)7-13(12)18-2/h3-7,14,17H,8-9,16H2,1-2H3. The van der Waals surface area contributed by atoms with E-state index in [1.807, 2.05) is 18.4 Å². The first kappa shape index (κ1) is 14.8. The van der Waals surface area contributed by atoms with E-state index < -0.39 is 0 Å². The van der Waals surface area contributed by atoms with E-state index in [4.69, 9.17) is 20.3 Å². The Kier molecular flexibility index (Phi) is 5.00. The van der Waals surface area contributed by atoms with Gasteiger partial charge in [-0.3, -0.25) is 0 Å². The number of nitrogens with two attached hydrogens (primary N) is 1. The largest absolute Gasteiger partial charge is 0.493 e. The molecule has 108 valence electrons. The second-order valence-corrected chi connectivity index (χ2v) is 5.40. The molecule has 0 aliphatic rings. The maximum absolute atomic E-state index is 9.15. The second kappa shape index (κ2) is 6.74. The van der Waals surface area contributed by atoms with Crippen LogP contribution in [0.25, 0.3) is 0 Å². The van der Waals surface area contributed by atoms with Gasteiger partial charge < -0.3 is 20.3 Å². The van der Waals surface area contributed by atoms with Gasteiger partial charge in [-0.05, 0) is 41.6 Å². The molecule has 20 heavy (non-hydrogen) atoms. The van der Waals surface area contributed by atoms with Gasteiger partial charge in [-0.25, -0.2) is 0 Å². The number of aliphatic hydroxyl groups excluding tert-OH is 1. The molecule has 0 saturated carbocycles.